The number of fused-ring (bicyclic) bond motifs is 1. The summed E-state index contributed by atoms with van der Waals surface area (Å²) in [5, 5.41) is 13.6. The maximum absolute atomic E-state index is 13.6. The van der Waals surface area contributed by atoms with E-state index in [-0.39, 0.29) is 17.4 Å². The molecule has 2 aromatic carbocycles. The van der Waals surface area contributed by atoms with Crippen molar-refractivity contribution < 1.29 is 18.7 Å². The normalized spacial score (nSPS) is 10.7. The largest absolute Gasteiger partial charge is 0.465 e. The van der Waals surface area contributed by atoms with E-state index in [0.717, 1.165) is 0 Å². The zero-order valence-corrected chi connectivity index (χ0v) is 16.5. The van der Waals surface area contributed by atoms with E-state index in [1.807, 2.05) is 0 Å². The predicted octanol–water partition coefficient (Wildman–Crippen LogP) is 2.84. The fourth-order valence-electron chi connectivity index (χ4n) is 2.90. The van der Waals surface area contributed by atoms with Crippen LogP contribution in [-0.4, -0.2) is 43.9 Å². The zero-order valence-electron chi connectivity index (χ0n) is 16.5. The number of methoxy groups -OCH3 is 1. The Morgan fingerprint density at radius 3 is 2.74 bits per heavy atom. The molecule has 4 aromatic rings. The quantitative estimate of drug-likeness (QED) is 0.472. The number of nitrogens with zero attached hydrogens (tertiary/aromatic N) is 5. The number of aromatic nitrogens is 5. The third-order valence-corrected chi connectivity index (χ3v) is 4.24. The van der Waals surface area contributed by atoms with E-state index in [9.17, 15) is 14.0 Å². The van der Waals surface area contributed by atoms with Crippen molar-refractivity contribution in [1.82, 2.24) is 25.0 Å². The number of ether oxygens (including phenoxy) is 1. The van der Waals surface area contributed by atoms with E-state index in [4.69, 9.17) is 4.74 Å². The lowest BCUT2D eigenvalue weighted by molar-refractivity contribution is -0.114. The average Bonchev–Trinajstić information content (AvgIpc) is 3.17. The van der Waals surface area contributed by atoms with E-state index >= 15 is 0 Å². The van der Waals surface area contributed by atoms with E-state index in [0.29, 0.717) is 28.2 Å². The van der Waals surface area contributed by atoms with Gasteiger partial charge in [0, 0.05) is 12.6 Å². The highest BCUT2D eigenvalue weighted by Gasteiger charge is 2.15. The van der Waals surface area contributed by atoms with Gasteiger partial charge in [-0.1, -0.05) is 11.3 Å². The first-order chi connectivity index (χ1) is 14.9. The maximum atomic E-state index is 13.6. The van der Waals surface area contributed by atoms with Crippen LogP contribution < -0.4 is 10.6 Å². The Morgan fingerprint density at radius 1 is 1.16 bits per heavy atom. The number of hydrogen-bond donors (Lipinski definition) is 2. The van der Waals surface area contributed by atoms with Gasteiger partial charge >= 0.3 is 5.97 Å². The molecule has 4 rings (SSSR count). The van der Waals surface area contributed by atoms with Gasteiger partial charge in [-0.05, 0) is 36.4 Å². The monoisotopic (exact) mass is 421 g/mol. The molecule has 0 spiro atoms. The van der Waals surface area contributed by atoms with E-state index in [2.05, 4.69) is 30.9 Å². The second kappa shape index (κ2) is 8.14. The molecule has 0 saturated heterocycles. The summed E-state index contributed by atoms with van der Waals surface area (Å²) in [6.45, 7) is 1.34. The predicted molar refractivity (Wildman–Crippen MR) is 110 cm³/mol. The summed E-state index contributed by atoms with van der Waals surface area (Å²) in [7, 11) is 1.25. The molecule has 10 nitrogen and oxygen atoms in total. The summed E-state index contributed by atoms with van der Waals surface area (Å²) >= 11 is 0. The molecule has 2 N–H and O–H groups in total. The molecule has 0 unspecified atom stereocenters. The molecule has 0 aliphatic carbocycles. The third-order valence-electron chi connectivity index (χ3n) is 4.24. The Balaban J connectivity index is 1.69. The molecule has 0 radical (unpaired) electrons. The van der Waals surface area contributed by atoms with Crippen LogP contribution in [0.4, 0.5) is 21.7 Å². The first-order valence-corrected chi connectivity index (χ1v) is 9.06. The number of nitrogens with one attached hydrogen (secondary N) is 2. The molecule has 2 aromatic heterocycles. The van der Waals surface area contributed by atoms with Crippen molar-refractivity contribution in [3.63, 3.8) is 0 Å². The molecule has 0 atom stereocenters. The molecular formula is C20H16FN7O3. The molecule has 1 amide bonds. The molecule has 2 heterocycles. The molecule has 31 heavy (non-hydrogen) atoms. The number of rotatable bonds is 5. The van der Waals surface area contributed by atoms with Gasteiger partial charge in [-0.15, -0.1) is 5.10 Å². The molecular weight excluding hydrogens is 405 g/mol. The Bertz CT molecular complexity index is 1310. The first kappa shape index (κ1) is 19.9. The zero-order chi connectivity index (χ0) is 22.0. The Morgan fingerprint density at radius 2 is 2.00 bits per heavy atom. The van der Waals surface area contributed by atoms with Crippen LogP contribution in [0.25, 0.3) is 16.9 Å². The van der Waals surface area contributed by atoms with E-state index < -0.39 is 11.8 Å². The minimum Gasteiger partial charge on any atom is -0.465 e. The van der Waals surface area contributed by atoms with Gasteiger partial charge in [-0.25, -0.2) is 14.2 Å². The Kier molecular flexibility index (Phi) is 5.22. The summed E-state index contributed by atoms with van der Waals surface area (Å²) < 4.78 is 19.8. The molecule has 156 valence electrons. The first-order valence-electron chi connectivity index (χ1n) is 9.06. The third kappa shape index (κ3) is 4.15. The number of anilines is 3. The van der Waals surface area contributed by atoms with Crippen molar-refractivity contribution >= 4 is 40.4 Å². The standard InChI is InChI=1S/C20H16FN7O3/c1-11(29)23-16-7-6-13(9-15(16)19(30)31-2)24-20-22-10-17-18(25-20)28(27-26-17)14-5-3-4-12(21)8-14/h3-10H,1-2H3,(H,23,29)(H,22,24,25). The van der Waals surface area contributed by atoms with Gasteiger partial charge in [0.15, 0.2) is 11.2 Å². The number of hydrogen-bond acceptors (Lipinski definition) is 8. The fourth-order valence-corrected chi connectivity index (χ4v) is 2.90. The van der Waals surface area contributed by atoms with Gasteiger partial charge < -0.3 is 15.4 Å². The number of carbonyl (C=O) groups excluding carboxylic acids is 2. The maximum Gasteiger partial charge on any atom is 0.340 e. The van der Waals surface area contributed by atoms with Gasteiger partial charge in [0.1, 0.15) is 5.82 Å². The molecule has 0 bridgehead atoms. The highest BCUT2D eigenvalue weighted by Crippen LogP contribution is 2.24. The van der Waals surface area contributed by atoms with Gasteiger partial charge in [-0.2, -0.15) is 9.67 Å². The van der Waals surface area contributed by atoms with Gasteiger partial charge in [0.05, 0.1) is 30.2 Å². The molecule has 0 aliphatic rings. The average molecular weight is 421 g/mol. The van der Waals surface area contributed by atoms with Crippen LogP contribution in [0.2, 0.25) is 0 Å². The van der Waals surface area contributed by atoms with Crippen molar-refractivity contribution in [2.24, 2.45) is 0 Å². The van der Waals surface area contributed by atoms with Crippen LogP contribution in [0.3, 0.4) is 0 Å². The van der Waals surface area contributed by atoms with Crippen LogP contribution >= 0.6 is 0 Å². The fraction of sp³-hybridized carbons (Fsp3) is 0.100. The topological polar surface area (TPSA) is 124 Å². The minimum absolute atomic E-state index is 0.162. The van der Waals surface area contributed by atoms with Crippen LogP contribution in [0, 0.1) is 5.82 Å². The van der Waals surface area contributed by atoms with Crippen molar-refractivity contribution in [2.45, 2.75) is 6.92 Å². The van der Waals surface area contributed by atoms with Crippen molar-refractivity contribution in [2.75, 3.05) is 17.7 Å². The van der Waals surface area contributed by atoms with Crippen molar-refractivity contribution in [3.05, 3.63) is 60.0 Å². The Hall–Kier alpha value is -4.41. The SMILES string of the molecule is COC(=O)c1cc(Nc2ncc3nnn(-c4cccc(F)c4)c3n2)ccc1NC(C)=O. The van der Waals surface area contributed by atoms with Gasteiger partial charge in [-0.3, -0.25) is 4.79 Å². The molecule has 0 saturated carbocycles. The van der Waals surface area contributed by atoms with Crippen molar-refractivity contribution in [1.29, 1.82) is 0 Å². The molecule has 11 heteroatoms. The number of amides is 1. The van der Waals surface area contributed by atoms with Crippen LogP contribution in [-0.2, 0) is 9.53 Å². The second-order valence-corrected chi connectivity index (χ2v) is 6.44. The van der Waals surface area contributed by atoms with Crippen molar-refractivity contribution in [3.8, 4) is 5.69 Å². The summed E-state index contributed by atoms with van der Waals surface area (Å²) in [4.78, 5) is 32.1. The summed E-state index contributed by atoms with van der Waals surface area (Å²) in [6.07, 6.45) is 1.47. The number of benzene rings is 2. The smallest absolute Gasteiger partial charge is 0.340 e. The van der Waals surface area contributed by atoms with Crippen LogP contribution in [0.5, 0.6) is 0 Å². The lowest BCUT2D eigenvalue weighted by atomic mass is 10.1. The van der Waals surface area contributed by atoms with Gasteiger partial charge in [0.2, 0.25) is 11.9 Å². The van der Waals surface area contributed by atoms with Gasteiger partial charge in [0.25, 0.3) is 0 Å². The van der Waals surface area contributed by atoms with E-state index in [1.54, 1.807) is 24.3 Å². The lowest BCUT2D eigenvalue weighted by Gasteiger charge is -2.11. The second-order valence-electron chi connectivity index (χ2n) is 6.44. The highest BCUT2D eigenvalue weighted by molar-refractivity contribution is 6.01. The van der Waals surface area contributed by atoms with Crippen LogP contribution in [0.1, 0.15) is 17.3 Å². The Labute approximate surface area is 175 Å². The summed E-state index contributed by atoms with van der Waals surface area (Å²) in [5.74, 6) is -1.14. The number of halogens is 1. The summed E-state index contributed by atoms with van der Waals surface area (Å²) in [5.41, 5.74) is 2.21. The van der Waals surface area contributed by atoms with Crippen LogP contribution in [0.15, 0.2) is 48.7 Å². The lowest BCUT2D eigenvalue weighted by Crippen LogP contribution is -2.12. The minimum atomic E-state index is -0.614. The highest BCUT2D eigenvalue weighted by atomic mass is 19.1. The number of carbonyl (C=O) groups is 2. The molecule has 0 fully saturated rings. The number of esters is 1. The molecule has 0 aliphatic heterocycles. The summed E-state index contributed by atoms with van der Waals surface area (Å²) in [6, 6.07) is 10.6. The van der Waals surface area contributed by atoms with E-state index in [1.165, 1.54) is 43.1 Å².